The second-order valence-electron chi connectivity index (χ2n) is 7.51. The normalized spacial score (nSPS) is 16.2. The van der Waals surface area contributed by atoms with Crippen LogP contribution in [0.15, 0.2) is 36.4 Å². The van der Waals surface area contributed by atoms with Crippen molar-refractivity contribution in [3.8, 4) is 6.07 Å². The van der Waals surface area contributed by atoms with Gasteiger partial charge in [-0.05, 0) is 54.8 Å². The van der Waals surface area contributed by atoms with Gasteiger partial charge in [0, 0.05) is 36.3 Å². The summed E-state index contributed by atoms with van der Waals surface area (Å²) in [6.07, 6.45) is 2.15. The number of rotatable bonds is 7. The van der Waals surface area contributed by atoms with Crippen LogP contribution >= 0.6 is 23.2 Å². The Bertz CT molecular complexity index is 971. The number of carbonyl (C=O) groups excluding carboxylic acids is 1. The van der Waals surface area contributed by atoms with Crippen LogP contribution in [0.5, 0.6) is 0 Å². The highest BCUT2D eigenvalue weighted by Crippen LogP contribution is 2.32. The van der Waals surface area contributed by atoms with E-state index in [0.29, 0.717) is 40.7 Å². The maximum absolute atomic E-state index is 13.9. The van der Waals surface area contributed by atoms with E-state index in [1.54, 1.807) is 12.1 Å². The number of amides is 1. The molecule has 1 heterocycles. The van der Waals surface area contributed by atoms with E-state index in [9.17, 15) is 14.4 Å². The first-order valence-electron chi connectivity index (χ1n) is 10.1. The molecule has 1 saturated heterocycles. The van der Waals surface area contributed by atoms with Gasteiger partial charge >= 0.3 is 0 Å². The Balaban J connectivity index is 1.98. The largest absolute Gasteiger partial charge is 0.362 e. The van der Waals surface area contributed by atoms with Gasteiger partial charge in [-0.2, -0.15) is 5.26 Å². The van der Waals surface area contributed by atoms with Crippen LogP contribution in [0.3, 0.4) is 0 Å². The summed E-state index contributed by atoms with van der Waals surface area (Å²) in [5, 5.41) is 9.99. The second-order valence-corrected chi connectivity index (χ2v) is 8.33. The highest BCUT2D eigenvalue weighted by molar-refractivity contribution is 6.32. The Hall–Kier alpha value is -2.29. The van der Waals surface area contributed by atoms with Crippen molar-refractivity contribution in [1.29, 1.82) is 5.26 Å². The summed E-state index contributed by atoms with van der Waals surface area (Å²) in [6.45, 7) is 5.07. The van der Waals surface area contributed by atoms with Gasteiger partial charge in [0.05, 0.1) is 16.6 Å². The van der Waals surface area contributed by atoms with Crippen LogP contribution in [0.2, 0.25) is 10.0 Å². The first-order valence-corrected chi connectivity index (χ1v) is 10.8. The third-order valence-electron chi connectivity index (χ3n) is 5.72. The molecule has 1 atom stereocenters. The van der Waals surface area contributed by atoms with Crippen LogP contribution in [0, 0.1) is 17.1 Å². The second kappa shape index (κ2) is 9.68. The van der Waals surface area contributed by atoms with Gasteiger partial charge in [-0.15, -0.1) is 0 Å². The summed E-state index contributed by atoms with van der Waals surface area (Å²) in [6, 6.07) is 11.6. The number of nitrogens with zero attached hydrogens (tertiary/aromatic N) is 3. The molecule has 4 nitrogen and oxygen atoms in total. The van der Waals surface area contributed by atoms with Crippen molar-refractivity contribution in [2.24, 2.45) is 0 Å². The van der Waals surface area contributed by atoms with Gasteiger partial charge in [0.15, 0.2) is 0 Å². The molecule has 0 bridgehead atoms. The summed E-state index contributed by atoms with van der Waals surface area (Å²) < 4.78 is 13.9. The van der Waals surface area contributed by atoms with Crippen molar-refractivity contribution in [2.45, 2.75) is 51.7 Å². The molecule has 158 valence electrons. The monoisotopic (exact) mass is 447 g/mol. The lowest BCUT2D eigenvalue weighted by Crippen LogP contribution is -2.40. The summed E-state index contributed by atoms with van der Waals surface area (Å²) in [5.41, 5.74) is 1.78. The summed E-state index contributed by atoms with van der Waals surface area (Å²) in [7, 11) is 0. The number of likely N-dealkylation sites (tertiary alicyclic amines) is 1. The maximum Gasteiger partial charge on any atom is 0.225 e. The molecule has 0 unspecified atom stereocenters. The smallest absolute Gasteiger partial charge is 0.225 e. The van der Waals surface area contributed by atoms with Gasteiger partial charge in [0.2, 0.25) is 5.91 Å². The summed E-state index contributed by atoms with van der Waals surface area (Å²) in [5.74, 6) is -0.253. The minimum Gasteiger partial charge on any atom is -0.362 e. The maximum atomic E-state index is 13.9. The molecule has 1 fully saturated rings. The minimum absolute atomic E-state index is 0.110. The molecule has 0 aromatic heterocycles. The fraction of sp³-hybridized carbons (Fsp3) is 0.391. The van der Waals surface area contributed by atoms with E-state index in [1.807, 2.05) is 15.9 Å². The van der Waals surface area contributed by atoms with Crippen LogP contribution in [-0.4, -0.2) is 29.4 Å². The summed E-state index contributed by atoms with van der Waals surface area (Å²) >= 11 is 12.6. The molecule has 1 aliphatic rings. The zero-order chi connectivity index (χ0) is 21.8. The van der Waals surface area contributed by atoms with E-state index in [2.05, 4.69) is 19.9 Å². The molecule has 1 aliphatic heterocycles. The summed E-state index contributed by atoms with van der Waals surface area (Å²) in [4.78, 5) is 16.7. The first-order chi connectivity index (χ1) is 14.4. The zero-order valence-electron chi connectivity index (χ0n) is 17.0. The van der Waals surface area contributed by atoms with Crippen LogP contribution in [0.1, 0.15) is 44.2 Å². The van der Waals surface area contributed by atoms with Gasteiger partial charge in [0.1, 0.15) is 11.9 Å². The van der Waals surface area contributed by atoms with E-state index in [1.165, 1.54) is 18.2 Å². The minimum atomic E-state index is -0.367. The Kier molecular flexibility index (Phi) is 7.23. The van der Waals surface area contributed by atoms with E-state index in [4.69, 9.17) is 23.2 Å². The van der Waals surface area contributed by atoms with E-state index in [-0.39, 0.29) is 23.8 Å². The molecule has 30 heavy (non-hydrogen) atoms. The molecule has 0 radical (unpaired) electrons. The molecule has 2 aromatic carbocycles. The number of hydrogen-bond donors (Lipinski definition) is 0. The fourth-order valence-corrected chi connectivity index (χ4v) is 4.45. The van der Waals surface area contributed by atoms with Crippen molar-refractivity contribution < 1.29 is 9.18 Å². The topological polar surface area (TPSA) is 47.3 Å². The predicted molar refractivity (Wildman–Crippen MR) is 118 cm³/mol. The first kappa shape index (κ1) is 22.4. The molecule has 1 amide bonds. The zero-order valence-corrected chi connectivity index (χ0v) is 18.5. The highest BCUT2D eigenvalue weighted by Gasteiger charge is 2.36. The number of nitriles is 1. The molecular formula is C23H24Cl2FN3O. The van der Waals surface area contributed by atoms with Crippen LogP contribution in [0.4, 0.5) is 10.1 Å². The Morgan fingerprint density at radius 1 is 1.20 bits per heavy atom. The van der Waals surface area contributed by atoms with E-state index >= 15 is 0 Å². The van der Waals surface area contributed by atoms with Crippen molar-refractivity contribution in [1.82, 2.24) is 4.90 Å². The van der Waals surface area contributed by atoms with Crippen LogP contribution in [0.25, 0.3) is 0 Å². The van der Waals surface area contributed by atoms with Crippen molar-refractivity contribution in [3.05, 3.63) is 63.4 Å². The predicted octanol–water partition coefficient (Wildman–Crippen LogP) is 5.80. The van der Waals surface area contributed by atoms with Crippen molar-refractivity contribution in [3.63, 3.8) is 0 Å². The Morgan fingerprint density at radius 2 is 1.93 bits per heavy atom. The molecule has 0 saturated carbocycles. The van der Waals surface area contributed by atoms with Gasteiger partial charge < -0.3 is 9.80 Å². The molecular weight excluding hydrogens is 424 g/mol. The average Bonchev–Trinajstić information content (AvgIpc) is 3.10. The van der Waals surface area contributed by atoms with Gasteiger partial charge in [-0.1, -0.05) is 37.0 Å². The Morgan fingerprint density at radius 3 is 2.57 bits per heavy atom. The molecule has 0 aliphatic carbocycles. The molecule has 2 aromatic rings. The lowest BCUT2D eigenvalue weighted by molar-refractivity contribution is -0.129. The number of carbonyl (C=O) groups is 1. The number of anilines is 1. The fourth-order valence-electron chi connectivity index (χ4n) is 4.06. The highest BCUT2D eigenvalue weighted by atomic mass is 35.5. The molecule has 0 N–H and O–H groups in total. The van der Waals surface area contributed by atoms with Crippen molar-refractivity contribution >= 4 is 34.8 Å². The molecule has 7 heteroatoms. The van der Waals surface area contributed by atoms with E-state index in [0.717, 1.165) is 18.5 Å². The lowest BCUT2D eigenvalue weighted by atomic mass is 10.1. The number of benzene rings is 2. The van der Waals surface area contributed by atoms with Crippen LogP contribution < -0.4 is 4.90 Å². The lowest BCUT2D eigenvalue weighted by Gasteiger charge is -2.33. The third kappa shape index (κ3) is 4.71. The molecule has 3 rings (SSSR count). The average molecular weight is 448 g/mol. The van der Waals surface area contributed by atoms with Gasteiger partial charge in [-0.3, -0.25) is 4.79 Å². The quantitative estimate of drug-likeness (QED) is 0.538. The van der Waals surface area contributed by atoms with Crippen molar-refractivity contribution in [2.75, 3.05) is 11.4 Å². The number of hydrogen-bond acceptors (Lipinski definition) is 3. The van der Waals surface area contributed by atoms with Gasteiger partial charge in [0.25, 0.3) is 0 Å². The number of halogens is 3. The van der Waals surface area contributed by atoms with E-state index < -0.39 is 0 Å². The third-order valence-corrected chi connectivity index (χ3v) is 6.40. The standard InChI is InChI=1S/C23H24Cl2FN3O/c1-3-18(4-2)29-14-20(11-23(29)30)28(13-16-9-17(26)6-8-21(16)24)19-7-5-15(12-27)22(25)10-19/h5-10,18,20H,3-4,11,13-14H2,1-2H3/t20-/m0/s1. The van der Waals surface area contributed by atoms with Gasteiger partial charge in [-0.25, -0.2) is 4.39 Å². The van der Waals surface area contributed by atoms with Crippen LogP contribution in [-0.2, 0) is 11.3 Å². The SMILES string of the molecule is CCC(CC)N1C[C@@H](N(Cc2cc(F)ccc2Cl)c2ccc(C#N)c(Cl)c2)CC1=O. The molecule has 0 spiro atoms. The Labute approximate surface area is 186 Å².